The summed E-state index contributed by atoms with van der Waals surface area (Å²) in [5.74, 6) is 0.135. The molecule has 0 saturated heterocycles. The molecule has 1 aromatic heterocycles. The van der Waals surface area contributed by atoms with E-state index in [1.165, 1.54) is 0 Å². The van der Waals surface area contributed by atoms with Crippen molar-refractivity contribution in [3.63, 3.8) is 0 Å². The van der Waals surface area contributed by atoms with Crippen molar-refractivity contribution in [3.8, 4) is 0 Å². The van der Waals surface area contributed by atoms with Gasteiger partial charge in [0, 0.05) is 44.3 Å². The quantitative estimate of drug-likeness (QED) is 0.817. The fourth-order valence-electron chi connectivity index (χ4n) is 1.88. The van der Waals surface area contributed by atoms with Crippen molar-refractivity contribution in [3.05, 3.63) is 30.5 Å². The zero-order valence-corrected chi connectivity index (χ0v) is 10.2. The first kappa shape index (κ1) is 11.5. The van der Waals surface area contributed by atoms with Crippen molar-refractivity contribution in [2.75, 3.05) is 19.8 Å². The maximum Gasteiger partial charge on any atom is 0.223 e. The minimum absolute atomic E-state index is 0.135. The molecule has 17 heavy (non-hydrogen) atoms. The van der Waals surface area contributed by atoms with Crippen LogP contribution in [-0.2, 0) is 11.3 Å². The number of amides is 1. The number of hydrogen-bond donors (Lipinski definition) is 1. The van der Waals surface area contributed by atoms with Crippen molar-refractivity contribution in [2.45, 2.75) is 13.0 Å². The number of carbonyl (C=O) groups excluding carboxylic acids is 1. The van der Waals surface area contributed by atoms with Crippen molar-refractivity contribution in [1.82, 2.24) is 9.47 Å². The summed E-state index contributed by atoms with van der Waals surface area (Å²) in [7, 11) is 3.54. The van der Waals surface area contributed by atoms with Gasteiger partial charge in [0.15, 0.2) is 0 Å². The summed E-state index contributed by atoms with van der Waals surface area (Å²) in [4.78, 5) is 13.1. The Bertz CT molecular complexity index is 543. The SMILES string of the molecule is CN(C)C(=O)CCn1ccc2c(N)cccc21. The average molecular weight is 231 g/mol. The molecule has 2 rings (SSSR count). The molecule has 1 amide bonds. The van der Waals surface area contributed by atoms with Crippen LogP contribution in [0.3, 0.4) is 0 Å². The summed E-state index contributed by atoms with van der Waals surface area (Å²) >= 11 is 0. The molecule has 0 aliphatic rings. The minimum Gasteiger partial charge on any atom is -0.398 e. The first-order valence-electron chi connectivity index (χ1n) is 5.63. The third-order valence-electron chi connectivity index (χ3n) is 2.91. The number of aryl methyl sites for hydroxylation is 1. The molecule has 90 valence electrons. The van der Waals surface area contributed by atoms with Crippen LogP contribution >= 0.6 is 0 Å². The highest BCUT2D eigenvalue weighted by molar-refractivity contribution is 5.91. The Kier molecular flexibility index (Phi) is 3.04. The molecule has 0 aliphatic heterocycles. The van der Waals surface area contributed by atoms with Crippen LogP contribution in [0.5, 0.6) is 0 Å². The van der Waals surface area contributed by atoms with Gasteiger partial charge < -0.3 is 15.2 Å². The topological polar surface area (TPSA) is 51.3 Å². The van der Waals surface area contributed by atoms with Crippen molar-refractivity contribution >= 4 is 22.5 Å². The predicted octanol–water partition coefficient (Wildman–Crippen LogP) is 1.70. The van der Waals surface area contributed by atoms with Crippen molar-refractivity contribution in [2.24, 2.45) is 0 Å². The van der Waals surface area contributed by atoms with Gasteiger partial charge >= 0.3 is 0 Å². The zero-order valence-electron chi connectivity index (χ0n) is 10.2. The Morgan fingerprint density at radius 3 is 2.82 bits per heavy atom. The van der Waals surface area contributed by atoms with Gasteiger partial charge in [0.05, 0.1) is 5.52 Å². The Labute approximate surface area is 101 Å². The van der Waals surface area contributed by atoms with Crippen LogP contribution in [0.25, 0.3) is 10.9 Å². The lowest BCUT2D eigenvalue weighted by molar-refractivity contribution is -0.128. The predicted molar refractivity (Wildman–Crippen MR) is 69.7 cm³/mol. The van der Waals surface area contributed by atoms with Crippen LogP contribution in [-0.4, -0.2) is 29.5 Å². The van der Waals surface area contributed by atoms with Gasteiger partial charge in [0.25, 0.3) is 0 Å². The second-order valence-corrected chi connectivity index (χ2v) is 4.33. The first-order valence-corrected chi connectivity index (χ1v) is 5.63. The number of nitrogens with zero attached hydrogens (tertiary/aromatic N) is 2. The van der Waals surface area contributed by atoms with Gasteiger partial charge in [-0.3, -0.25) is 4.79 Å². The fraction of sp³-hybridized carbons (Fsp3) is 0.308. The number of rotatable bonds is 3. The van der Waals surface area contributed by atoms with E-state index in [0.29, 0.717) is 13.0 Å². The summed E-state index contributed by atoms with van der Waals surface area (Å²) in [5, 5.41) is 1.05. The average Bonchev–Trinajstić information content (AvgIpc) is 2.70. The summed E-state index contributed by atoms with van der Waals surface area (Å²) in [6.45, 7) is 0.684. The fourth-order valence-corrected chi connectivity index (χ4v) is 1.88. The number of anilines is 1. The Morgan fingerprint density at radius 1 is 1.35 bits per heavy atom. The summed E-state index contributed by atoms with van der Waals surface area (Å²) in [5.41, 5.74) is 7.74. The Morgan fingerprint density at radius 2 is 2.12 bits per heavy atom. The van der Waals surface area contributed by atoms with E-state index in [1.807, 2.05) is 30.5 Å². The van der Waals surface area contributed by atoms with Crippen LogP contribution < -0.4 is 5.73 Å². The standard InChI is InChI=1S/C13H17N3O/c1-15(2)13(17)7-9-16-8-6-10-11(14)4-3-5-12(10)16/h3-6,8H,7,9,14H2,1-2H3. The van der Waals surface area contributed by atoms with Crippen LogP contribution in [0, 0.1) is 0 Å². The molecule has 0 saturated carbocycles. The lowest BCUT2D eigenvalue weighted by Gasteiger charge is -2.11. The van der Waals surface area contributed by atoms with Gasteiger partial charge in [-0.25, -0.2) is 0 Å². The third kappa shape index (κ3) is 2.25. The van der Waals surface area contributed by atoms with Gasteiger partial charge in [-0.05, 0) is 18.2 Å². The number of carbonyl (C=O) groups is 1. The van der Waals surface area contributed by atoms with Crippen LogP contribution in [0.1, 0.15) is 6.42 Å². The van der Waals surface area contributed by atoms with Gasteiger partial charge in [-0.1, -0.05) is 6.07 Å². The van der Waals surface area contributed by atoms with Crippen molar-refractivity contribution in [1.29, 1.82) is 0 Å². The van der Waals surface area contributed by atoms with Crippen LogP contribution in [0.4, 0.5) is 5.69 Å². The molecule has 0 spiro atoms. The third-order valence-corrected chi connectivity index (χ3v) is 2.91. The molecule has 0 aliphatic carbocycles. The molecule has 1 aromatic carbocycles. The van der Waals surface area contributed by atoms with E-state index in [4.69, 9.17) is 5.73 Å². The zero-order chi connectivity index (χ0) is 12.4. The number of nitrogen functional groups attached to an aromatic ring is 1. The molecular weight excluding hydrogens is 214 g/mol. The Balaban J connectivity index is 2.20. The second-order valence-electron chi connectivity index (χ2n) is 4.33. The lowest BCUT2D eigenvalue weighted by Crippen LogP contribution is -2.22. The maximum atomic E-state index is 11.5. The van der Waals surface area contributed by atoms with Gasteiger partial charge in [0.1, 0.15) is 0 Å². The monoisotopic (exact) mass is 231 g/mol. The maximum absolute atomic E-state index is 11.5. The van der Waals surface area contributed by atoms with Crippen LogP contribution in [0.15, 0.2) is 30.5 Å². The van der Waals surface area contributed by atoms with Gasteiger partial charge in [-0.15, -0.1) is 0 Å². The van der Waals surface area contributed by atoms with E-state index in [9.17, 15) is 4.79 Å². The van der Waals surface area contributed by atoms with E-state index in [-0.39, 0.29) is 5.91 Å². The second kappa shape index (κ2) is 4.49. The molecule has 2 N–H and O–H groups in total. The number of aromatic nitrogens is 1. The number of fused-ring (bicyclic) bond motifs is 1. The van der Waals surface area contributed by atoms with E-state index >= 15 is 0 Å². The summed E-state index contributed by atoms with van der Waals surface area (Å²) in [6.07, 6.45) is 2.48. The molecule has 0 radical (unpaired) electrons. The van der Waals surface area contributed by atoms with Gasteiger partial charge in [0.2, 0.25) is 5.91 Å². The molecule has 0 fully saturated rings. The van der Waals surface area contributed by atoms with E-state index in [0.717, 1.165) is 16.6 Å². The molecule has 1 heterocycles. The highest BCUT2D eigenvalue weighted by Gasteiger charge is 2.07. The molecule has 2 aromatic rings. The molecular formula is C13H17N3O. The smallest absolute Gasteiger partial charge is 0.223 e. The highest BCUT2D eigenvalue weighted by atomic mass is 16.2. The number of hydrogen-bond acceptors (Lipinski definition) is 2. The molecule has 0 atom stereocenters. The lowest BCUT2D eigenvalue weighted by atomic mass is 10.2. The van der Waals surface area contributed by atoms with E-state index in [2.05, 4.69) is 4.57 Å². The van der Waals surface area contributed by atoms with Gasteiger partial charge in [-0.2, -0.15) is 0 Å². The first-order chi connectivity index (χ1) is 8.09. The largest absolute Gasteiger partial charge is 0.398 e. The highest BCUT2D eigenvalue weighted by Crippen LogP contribution is 2.22. The normalized spacial score (nSPS) is 10.7. The molecule has 4 heteroatoms. The molecule has 4 nitrogen and oxygen atoms in total. The number of benzene rings is 1. The minimum atomic E-state index is 0.135. The summed E-state index contributed by atoms with van der Waals surface area (Å²) < 4.78 is 2.06. The van der Waals surface area contributed by atoms with Crippen LogP contribution in [0.2, 0.25) is 0 Å². The van der Waals surface area contributed by atoms with E-state index < -0.39 is 0 Å². The van der Waals surface area contributed by atoms with E-state index in [1.54, 1.807) is 19.0 Å². The molecule has 0 unspecified atom stereocenters. The summed E-state index contributed by atoms with van der Waals surface area (Å²) in [6, 6.07) is 7.83. The van der Waals surface area contributed by atoms with Crippen molar-refractivity contribution < 1.29 is 4.79 Å². The molecule has 0 bridgehead atoms. The Hall–Kier alpha value is -1.97. The number of nitrogens with two attached hydrogens (primary N) is 1.